The molecule has 1 fully saturated rings. The number of hydrogen-bond acceptors (Lipinski definition) is 2. The average Bonchev–Trinajstić information content (AvgIpc) is 2.60. The van der Waals surface area contributed by atoms with Crippen LogP contribution in [-0.2, 0) is 4.79 Å². The number of nitrogens with two attached hydrogens (primary N) is 1. The first-order valence-corrected chi connectivity index (χ1v) is 4.26. The largest absolute Gasteiger partial charge is 0.389 e. The van der Waals surface area contributed by atoms with Crippen LogP contribution in [0.5, 0.6) is 0 Å². The van der Waals surface area contributed by atoms with Crippen molar-refractivity contribution in [3.8, 4) is 0 Å². The smallest absolute Gasteiger partial charge is 0.162 e. The maximum absolute atomic E-state index is 11.0. The van der Waals surface area contributed by atoms with Gasteiger partial charge in [0, 0.05) is 0 Å². The first-order valence-electron chi connectivity index (χ1n) is 3.89. The molecule has 0 amide bonds. The van der Waals surface area contributed by atoms with Crippen LogP contribution in [0.2, 0.25) is 0 Å². The minimum Gasteiger partial charge on any atom is -0.389 e. The van der Waals surface area contributed by atoms with Crippen LogP contribution in [0.1, 0.15) is 20.3 Å². The lowest BCUT2D eigenvalue weighted by Crippen LogP contribution is -2.01. The maximum atomic E-state index is 11.0. The summed E-state index contributed by atoms with van der Waals surface area (Å²) < 4.78 is 0. The molecule has 0 heterocycles. The topological polar surface area (TPSA) is 43.1 Å². The zero-order valence-electron chi connectivity index (χ0n) is 7.23. The number of carbonyl (C=O) groups excluding carboxylic acids is 1. The Labute approximate surface area is 77.1 Å². The number of ketones is 1. The van der Waals surface area contributed by atoms with Gasteiger partial charge >= 0.3 is 0 Å². The van der Waals surface area contributed by atoms with E-state index in [1.54, 1.807) is 6.08 Å². The number of halogens is 1. The van der Waals surface area contributed by atoms with Crippen molar-refractivity contribution in [2.45, 2.75) is 20.3 Å². The number of rotatable bonds is 2. The van der Waals surface area contributed by atoms with Crippen LogP contribution in [0.3, 0.4) is 0 Å². The molecule has 2 nitrogen and oxygen atoms in total. The summed E-state index contributed by atoms with van der Waals surface area (Å²) in [5.74, 6) is 0.518. The lowest BCUT2D eigenvalue weighted by atomic mass is 10.2. The maximum Gasteiger partial charge on any atom is 0.162 e. The fourth-order valence-electron chi connectivity index (χ4n) is 1.02. The summed E-state index contributed by atoms with van der Waals surface area (Å²) in [6.07, 6.45) is 2.86. The molecule has 0 aromatic heterocycles. The molecule has 1 aliphatic carbocycles. The van der Waals surface area contributed by atoms with Gasteiger partial charge < -0.3 is 5.73 Å². The molecule has 1 atom stereocenters. The van der Waals surface area contributed by atoms with E-state index in [0.29, 0.717) is 11.5 Å². The lowest BCUT2D eigenvalue weighted by molar-refractivity contribution is -0.113. The molecule has 1 unspecified atom stereocenters. The number of allylic oxidation sites excluding steroid dienone is 3. The molecule has 1 aliphatic rings. The van der Waals surface area contributed by atoms with Crippen LogP contribution in [-0.4, -0.2) is 5.78 Å². The molecule has 0 aromatic rings. The number of hydrogen-bond donors (Lipinski definition) is 1. The van der Waals surface area contributed by atoms with E-state index >= 15 is 0 Å². The molecule has 3 heteroatoms. The fraction of sp³-hybridized carbons (Fsp3) is 0.444. The van der Waals surface area contributed by atoms with Crippen molar-refractivity contribution < 1.29 is 4.79 Å². The third-order valence-electron chi connectivity index (χ3n) is 1.98. The van der Waals surface area contributed by atoms with Gasteiger partial charge in [-0.3, -0.25) is 4.79 Å². The minimum absolute atomic E-state index is 0.0749. The summed E-state index contributed by atoms with van der Waals surface area (Å²) in [6.45, 7) is 3.57. The monoisotopic (exact) mass is 185 g/mol. The SMILES string of the molecule is CC(=O)C(/C=C1/CC1C)=C(/N)Cl. The molecule has 12 heavy (non-hydrogen) atoms. The van der Waals surface area contributed by atoms with E-state index in [2.05, 4.69) is 6.92 Å². The van der Waals surface area contributed by atoms with Crippen LogP contribution in [0.25, 0.3) is 0 Å². The molecule has 1 saturated carbocycles. The molecular weight excluding hydrogens is 174 g/mol. The molecule has 0 spiro atoms. The van der Waals surface area contributed by atoms with Crippen molar-refractivity contribution in [3.05, 3.63) is 22.4 Å². The molecule has 2 N–H and O–H groups in total. The summed E-state index contributed by atoms with van der Waals surface area (Å²) in [4.78, 5) is 11.0. The van der Waals surface area contributed by atoms with Crippen LogP contribution in [0, 0.1) is 5.92 Å². The van der Waals surface area contributed by atoms with Crippen molar-refractivity contribution >= 4 is 17.4 Å². The Morgan fingerprint density at radius 1 is 1.75 bits per heavy atom. The molecular formula is C9H12ClNO. The van der Waals surface area contributed by atoms with Gasteiger partial charge in [-0.2, -0.15) is 0 Å². The van der Waals surface area contributed by atoms with E-state index in [1.807, 2.05) is 0 Å². The second-order valence-electron chi connectivity index (χ2n) is 3.14. The Balaban J connectivity index is 2.84. The Morgan fingerprint density at radius 2 is 2.25 bits per heavy atom. The molecule has 1 rings (SSSR count). The third kappa shape index (κ3) is 2.11. The average molecular weight is 186 g/mol. The number of Topliss-reactive ketones (excluding diaryl/α,β-unsaturated/α-hetero) is 1. The van der Waals surface area contributed by atoms with Gasteiger partial charge in [-0.15, -0.1) is 0 Å². The Kier molecular flexibility index (Phi) is 2.58. The predicted molar refractivity (Wildman–Crippen MR) is 49.6 cm³/mol. The molecule has 66 valence electrons. The summed E-state index contributed by atoms with van der Waals surface area (Å²) in [5.41, 5.74) is 7.03. The number of carbonyl (C=O) groups is 1. The predicted octanol–water partition coefficient (Wildman–Crippen LogP) is 1.95. The first kappa shape index (κ1) is 9.33. The van der Waals surface area contributed by atoms with Gasteiger partial charge in [0.05, 0.1) is 5.57 Å². The Morgan fingerprint density at radius 3 is 2.50 bits per heavy atom. The highest BCUT2D eigenvalue weighted by Gasteiger charge is 2.24. The normalized spacial score (nSPS) is 26.9. The molecule has 0 radical (unpaired) electrons. The summed E-state index contributed by atoms with van der Waals surface area (Å²) in [7, 11) is 0. The van der Waals surface area contributed by atoms with Crippen LogP contribution >= 0.6 is 11.6 Å². The minimum atomic E-state index is -0.0749. The lowest BCUT2D eigenvalue weighted by Gasteiger charge is -1.95. The van der Waals surface area contributed by atoms with E-state index in [4.69, 9.17) is 17.3 Å². The zero-order valence-corrected chi connectivity index (χ0v) is 7.98. The molecule has 0 aromatic carbocycles. The second kappa shape index (κ2) is 3.31. The van der Waals surface area contributed by atoms with Crippen LogP contribution in [0.4, 0.5) is 0 Å². The summed E-state index contributed by atoms with van der Waals surface area (Å²) in [6, 6.07) is 0. The highest BCUT2D eigenvalue weighted by molar-refractivity contribution is 6.31. The molecule has 0 saturated heterocycles. The van der Waals surface area contributed by atoms with Gasteiger partial charge in [0.1, 0.15) is 5.16 Å². The van der Waals surface area contributed by atoms with Gasteiger partial charge in [0.15, 0.2) is 5.78 Å². The van der Waals surface area contributed by atoms with Gasteiger partial charge in [-0.1, -0.05) is 24.1 Å². The Hall–Kier alpha value is -0.760. The first-order chi connectivity index (χ1) is 5.52. The van der Waals surface area contributed by atoms with Crippen molar-refractivity contribution in [1.82, 2.24) is 0 Å². The van der Waals surface area contributed by atoms with Gasteiger partial charge in [-0.25, -0.2) is 0 Å². The van der Waals surface area contributed by atoms with Crippen molar-refractivity contribution in [1.29, 1.82) is 0 Å². The van der Waals surface area contributed by atoms with E-state index in [0.717, 1.165) is 6.42 Å². The van der Waals surface area contributed by atoms with E-state index in [9.17, 15) is 4.79 Å². The van der Waals surface area contributed by atoms with Crippen LogP contribution in [0.15, 0.2) is 22.4 Å². The van der Waals surface area contributed by atoms with Crippen molar-refractivity contribution in [3.63, 3.8) is 0 Å². The van der Waals surface area contributed by atoms with E-state index < -0.39 is 0 Å². The third-order valence-corrected chi connectivity index (χ3v) is 2.18. The second-order valence-corrected chi connectivity index (χ2v) is 3.55. The van der Waals surface area contributed by atoms with E-state index in [1.165, 1.54) is 12.5 Å². The van der Waals surface area contributed by atoms with Crippen LogP contribution < -0.4 is 5.73 Å². The quantitative estimate of drug-likeness (QED) is 0.528. The fourth-order valence-corrected chi connectivity index (χ4v) is 1.21. The highest BCUT2D eigenvalue weighted by atomic mass is 35.5. The van der Waals surface area contributed by atoms with Gasteiger partial charge in [-0.05, 0) is 25.3 Å². The molecule has 0 bridgehead atoms. The molecule has 0 aliphatic heterocycles. The van der Waals surface area contributed by atoms with Gasteiger partial charge in [0.2, 0.25) is 0 Å². The summed E-state index contributed by atoms with van der Waals surface area (Å²) >= 11 is 5.55. The van der Waals surface area contributed by atoms with Gasteiger partial charge in [0.25, 0.3) is 0 Å². The summed E-state index contributed by atoms with van der Waals surface area (Å²) in [5, 5.41) is 0.0918. The Bertz CT molecular complexity index is 274. The standard InChI is InChI=1S/C9H12ClNO/c1-5-3-7(5)4-8(6(2)12)9(10)11/h4-5H,3,11H2,1-2H3/b7-4-,9-8+. The van der Waals surface area contributed by atoms with Crippen molar-refractivity contribution in [2.24, 2.45) is 11.7 Å². The van der Waals surface area contributed by atoms with Crippen molar-refractivity contribution in [2.75, 3.05) is 0 Å². The van der Waals surface area contributed by atoms with E-state index in [-0.39, 0.29) is 10.9 Å². The zero-order chi connectivity index (χ0) is 9.30. The highest BCUT2D eigenvalue weighted by Crippen LogP contribution is 2.37.